The summed E-state index contributed by atoms with van der Waals surface area (Å²) in [5.74, 6) is 0.935. The van der Waals surface area contributed by atoms with Gasteiger partial charge in [-0.2, -0.15) is 0 Å². The second-order valence-electron chi connectivity index (χ2n) is 6.11. The molecule has 0 radical (unpaired) electrons. The standard InChI is InChI=1S/C17H25ClN2O3/c1-12(21)13-4-3-7-20(10-13)11-17(22)19-9-14-8-15(18)5-6-16(14)23-2/h5-6,8,12-13,21H,3-4,7,9-11H2,1-2H3,(H,19,22). The van der Waals surface area contributed by atoms with Crippen LogP contribution in [0.5, 0.6) is 5.75 Å². The van der Waals surface area contributed by atoms with Crippen molar-refractivity contribution in [1.82, 2.24) is 10.2 Å². The van der Waals surface area contributed by atoms with Crippen LogP contribution in [0.1, 0.15) is 25.3 Å². The number of hydrogen-bond donors (Lipinski definition) is 2. The van der Waals surface area contributed by atoms with Gasteiger partial charge in [-0.1, -0.05) is 11.6 Å². The first kappa shape index (κ1) is 18.0. The van der Waals surface area contributed by atoms with Crippen LogP contribution in [0.25, 0.3) is 0 Å². The highest BCUT2D eigenvalue weighted by Gasteiger charge is 2.24. The minimum Gasteiger partial charge on any atom is -0.496 e. The molecule has 0 aliphatic carbocycles. The highest BCUT2D eigenvalue weighted by atomic mass is 35.5. The predicted molar refractivity (Wildman–Crippen MR) is 90.7 cm³/mol. The fraction of sp³-hybridized carbons (Fsp3) is 0.588. The molecule has 0 spiro atoms. The van der Waals surface area contributed by atoms with Crippen LogP contribution in [-0.4, -0.2) is 48.8 Å². The average Bonchev–Trinajstić information content (AvgIpc) is 2.53. The quantitative estimate of drug-likeness (QED) is 0.832. The van der Waals surface area contributed by atoms with E-state index in [1.165, 1.54) is 0 Å². The number of aliphatic hydroxyl groups excluding tert-OH is 1. The molecule has 1 heterocycles. The Morgan fingerprint density at radius 3 is 3.04 bits per heavy atom. The van der Waals surface area contributed by atoms with Crippen molar-refractivity contribution in [3.63, 3.8) is 0 Å². The number of amides is 1. The number of hydrogen-bond acceptors (Lipinski definition) is 4. The van der Waals surface area contributed by atoms with Gasteiger partial charge >= 0.3 is 0 Å². The van der Waals surface area contributed by atoms with Gasteiger partial charge in [0.2, 0.25) is 5.91 Å². The van der Waals surface area contributed by atoms with Crippen LogP contribution in [0.2, 0.25) is 5.02 Å². The molecule has 1 saturated heterocycles. The number of benzene rings is 1. The van der Waals surface area contributed by atoms with Gasteiger partial charge in [-0.05, 0) is 50.4 Å². The number of halogens is 1. The van der Waals surface area contributed by atoms with E-state index in [0.29, 0.717) is 23.9 Å². The van der Waals surface area contributed by atoms with Crippen LogP contribution < -0.4 is 10.1 Å². The van der Waals surface area contributed by atoms with Crippen molar-refractivity contribution in [2.24, 2.45) is 5.92 Å². The lowest BCUT2D eigenvalue weighted by atomic mass is 9.93. The molecule has 1 aliphatic heterocycles. The van der Waals surface area contributed by atoms with Crippen LogP contribution in [0.15, 0.2) is 18.2 Å². The van der Waals surface area contributed by atoms with Crippen molar-refractivity contribution in [2.45, 2.75) is 32.4 Å². The number of ether oxygens (including phenoxy) is 1. The molecule has 2 N–H and O–H groups in total. The summed E-state index contributed by atoms with van der Waals surface area (Å²) in [6, 6.07) is 5.35. The zero-order valence-electron chi connectivity index (χ0n) is 13.7. The van der Waals surface area contributed by atoms with Crippen molar-refractivity contribution in [1.29, 1.82) is 0 Å². The Balaban J connectivity index is 1.84. The van der Waals surface area contributed by atoms with Crippen LogP contribution in [0, 0.1) is 5.92 Å². The largest absolute Gasteiger partial charge is 0.496 e. The van der Waals surface area contributed by atoms with Crippen molar-refractivity contribution < 1.29 is 14.6 Å². The van der Waals surface area contributed by atoms with E-state index < -0.39 is 0 Å². The van der Waals surface area contributed by atoms with Gasteiger partial charge in [0.1, 0.15) is 5.75 Å². The first-order valence-electron chi connectivity index (χ1n) is 7.99. The first-order chi connectivity index (χ1) is 11.0. The highest BCUT2D eigenvalue weighted by molar-refractivity contribution is 6.30. The SMILES string of the molecule is COc1ccc(Cl)cc1CNC(=O)CN1CCCC(C(C)O)C1. The molecule has 128 valence electrons. The van der Waals surface area contributed by atoms with Gasteiger partial charge in [0, 0.05) is 23.7 Å². The fourth-order valence-corrected chi connectivity index (χ4v) is 3.16. The summed E-state index contributed by atoms with van der Waals surface area (Å²) in [5, 5.41) is 13.2. The molecule has 1 aliphatic rings. The maximum atomic E-state index is 12.2. The maximum absolute atomic E-state index is 12.2. The smallest absolute Gasteiger partial charge is 0.234 e. The summed E-state index contributed by atoms with van der Waals surface area (Å²) in [5.41, 5.74) is 0.855. The summed E-state index contributed by atoms with van der Waals surface area (Å²) >= 11 is 5.99. The van der Waals surface area contributed by atoms with E-state index in [0.717, 1.165) is 31.5 Å². The Kier molecular flexibility index (Phi) is 6.69. The molecule has 1 fully saturated rings. The molecule has 5 nitrogen and oxygen atoms in total. The van der Waals surface area contributed by atoms with Gasteiger partial charge in [0.05, 0.1) is 19.8 Å². The Morgan fingerprint density at radius 1 is 1.57 bits per heavy atom. The third kappa shape index (κ3) is 5.37. The van der Waals surface area contributed by atoms with E-state index in [1.807, 2.05) is 6.92 Å². The number of rotatable bonds is 6. The minimum atomic E-state index is -0.323. The first-order valence-corrected chi connectivity index (χ1v) is 8.37. The number of nitrogens with one attached hydrogen (secondary N) is 1. The van der Waals surface area contributed by atoms with Crippen LogP contribution in [0.3, 0.4) is 0 Å². The highest BCUT2D eigenvalue weighted by Crippen LogP contribution is 2.22. The number of nitrogens with zero attached hydrogens (tertiary/aromatic N) is 1. The number of aliphatic hydroxyl groups is 1. The lowest BCUT2D eigenvalue weighted by molar-refractivity contribution is -0.123. The Hall–Kier alpha value is -1.30. The predicted octanol–water partition coefficient (Wildman–Crippen LogP) is 2.06. The van der Waals surface area contributed by atoms with Gasteiger partial charge in [0.25, 0.3) is 0 Å². The molecule has 0 aromatic heterocycles. The summed E-state index contributed by atoms with van der Waals surface area (Å²) in [6.07, 6.45) is 1.72. The van der Waals surface area contributed by atoms with Gasteiger partial charge in [0.15, 0.2) is 0 Å². The molecule has 1 aromatic rings. The molecule has 1 amide bonds. The Bertz CT molecular complexity index is 537. The summed E-state index contributed by atoms with van der Waals surface area (Å²) in [6.45, 7) is 4.23. The summed E-state index contributed by atoms with van der Waals surface area (Å²) in [7, 11) is 1.60. The lowest BCUT2D eigenvalue weighted by Crippen LogP contribution is -2.44. The van der Waals surface area contributed by atoms with E-state index in [2.05, 4.69) is 10.2 Å². The number of carbonyl (C=O) groups excluding carboxylic acids is 1. The monoisotopic (exact) mass is 340 g/mol. The zero-order chi connectivity index (χ0) is 16.8. The van der Waals surface area contributed by atoms with Crippen molar-refractivity contribution in [3.05, 3.63) is 28.8 Å². The third-order valence-corrected chi connectivity index (χ3v) is 4.54. The fourth-order valence-electron chi connectivity index (χ4n) is 2.97. The molecule has 23 heavy (non-hydrogen) atoms. The molecule has 2 unspecified atom stereocenters. The van der Waals surface area contributed by atoms with E-state index >= 15 is 0 Å². The molecule has 2 atom stereocenters. The Labute approximate surface area is 142 Å². The van der Waals surface area contributed by atoms with Gasteiger partial charge < -0.3 is 15.2 Å². The third-order valence-electron chi connectivity index (χ3n) is 4.31. The van der Waals surface area contributed by atoms with E-state index in [4.69, 9.17) is 16.3 Å². The van der Waals surface area contributed by atoms with E-state index in [-0.39, 0.29) is 17.9 Å². The van der Waals surface area contributed by atoms with E-state index in [1.54, 1.807) is 25.3 Å². The zero-order valence-corrected chi connectivity index (χ0v) is 14.5. The van der Waals surface area contributed by atoms with Gasteiger partial charge in [-0.3, -0.25) is 9.69 Å². The van der Waals surface area contributed by atoms with Crippen molar-refractivity contribution in [2.75, 3.05) is 26.7 Å². The number of piperidine rings is 1. The average molecular weight is 341 g/mol. The molecular formula is C17H25ClN2O3. The minimum absolute atomic E-state index is 0.0294. The lowest BCUT2D eigenvalue weighted by Gasteiger charge is -2.33. The summed E-state index contributed by atoms with van der Waals surface area (Å²) in [4.78, 5) is 14.3. The van der Waals surface area contributed by atoms with Crippen molar-refractivity contribution >= 4 is 17.5 Å². The van der Waals surface area contributed by atoms with Gasteiger partial charge in [-0.25, -0.2) is 0 Å². The second kappa shape index (κ2) is 8.52. The Morgan fingerprint density at radius 2 is 2.35 bits per heavy atom. The summed E-state index contributed by atoms with van der Waals surface area (Å²) < 4.78 is 5.27. The number of carbonyl (C=O) groups is 1. The molecule has 1 aromatic carbocycles. The maximum Gasteiger partial charge on any atom is 0.234 e. The van der Waals surface area contributed by atoms with Crippen LogP contribution in [0.4, 0.5) is 0 Å². The van der Waals surface area contributed by atoms with Crippen molar-refractivity contribution in [3.8, 4) is 5.75 Å². The van der Waals surface area contributed by atoms with Crippen LogP contribution in [-0.2, 0) is 11.3 Å². The van der Waals surface area contributed by atoms with Gasteiger partial charge in [-0.15, -0.1) is 0 Å². The van der Waals surface area contributed by atoms with Crippen LogP contribution >= 0.6 is 11.6 Å². The molecule has 0 bridgehead atoms. The number of methoxy groups -OCH3 is 1. The number of likely N-dealkylation sites (tertiary alicyclic amines) is 1. The second-order valence-corrected chi connectivity index (χ2v) is 6.55. The topological polar surface area (TPSA) is 61.8 Å². The molecule has 2 rings (SSSR count). The molecule has 0 saturated carbocycles. The molecule has 6 heteroatoms. The molecular weight excluding hydrogens is 316 g/mol. The normalized spacial score (nSPS) is 20.1. The van der Waals surface area contributed by atoms with E-state index in [9.17, 15) is 9.90 Å².